The van der Waals surface area contributed by atoms with Crippen LogP contribution >= 0.6 is 0 Å². The van der Waals surface area contributed by atoms with Crippen LogP contribution in [0.15, 0.2) is 12.4 Å². The number of aromatic nitrogens is 2. The predicted molar refractivity (Wildman–Crippen MR) is 114 cm³/mol. The molecule has 1 N–H and O–H groups in total. The predicted octanol–water partition coefficient (Wildman–Crippen LogP) is 1.12. The van der Waals surface area contributed by atoms with Gasteiger partial charge in [0.15, 0.2) is 0 Å². The second-order valence-electron chi connectivity index (χ2n) is 9.03. The number of aryl methyl sites for hydroxylation is 1. The van der Waals surface area contributed by atoms with Gasteiger partial charge in [0, 0.05) is 53.0 Å². The lowest BCUT2D eigenvalue weighted by molar-refractivity contribution is -0.192. The molecule has 3 aliphatic heterocycles. The lowest BCUT2D eigenvalue weighted by atomic mass is 9.91. The Hall–Kier alpha value is -2.67. The van der Waals surface area contributed by atoms with Gasteiger partial charge in [0.2, 0.25) is 11.8 Å². The lowest BCUT2D eigenvalue weighted by Gasteiger charge is -2.48. The summed E-state index contributed by atoms with van der Waals surface area (Å²) < 4.78 is 38.9. The van der Waals surface area contributed by atoms with Crippen LogP contribution in [0.2, 0.25) is 0 Å². The molecule has 0 saturated carbocycles. The molecule has 0 radical (unpaired) electrons. The van der Waals surface area contributed by atoms with Crippen molar-refractivity contribution >= 4 is 23.5 Å². The summed E-state index contributed by atoms with van der Waals surface area (Å²) >= 11 is 0. The number of hydrogen-bond acceptors (Lipinski definition) is 6. The van der Waals surface area contributed by atoms with Crippen LogP contribution < -0.4 is 4.90 Å². The summed E-state index contributed by atoms with van der Waals surface area (Å²) in [6.07, 6.45) is 1.63. The van der Waals surface area contributed by atoms with Gasteiger partial charge in [-0.15, -0.1) is 0 Å². The van der Waals surface area contributed by atoms with Gasteiger partial charge in [0.25, 0.3) is 0 Å². The van der Waals surface area contributed by atoms with Crippen LogP contribution in [0, 0.1) is 5.92 Å². The van der Waals surface area contributed by atoms with Crippen molar-refractivity contribution in [3.05, 3.63) is 12.4 Å². The van der Waals surface area contributed by atoms with Gasteiger partial charge in [-0.25, -0.2) is 4.79 Å². The highest BCUT2D eigenvalue weighted by Gasteiger charge is 2.50. The summed E-state index contributed by atoms with van der Waals surface area (Å²) in [5.41, 5.74) is 0.508. The molecule has 1 aromatic rings. The van der Waals surface area contributed by atoms with Crippen LogP contribution in [0.3, 0.4) is 0 Å². The third-order valence-corrected chi connectivity index (χ3v) is 6.51. The number of aliphatic carboxylic acids is 1. The standard InChI is InChI=1S/C19H29N5O3.C2HF3O2/c1-15(25)24-12-18(26)23(17-9-20-21(2)11-17)14-19(24)5-6-22(13-19)10-16-3-7-27-8-4-16;3-2(4,5)1(6)7/h9,11,16H,3-8,10,12-14H2,1-2H3;(H,6,7). The molecule has 34 heavy (non-hydrogen) atoms. The Balaban J connectivity index is 0.000000406. The van der Waals surface area contributed by atoms with Crippen molar-refractivity contribution in [2.24, 2.45) is 13.0 Å². The summed E-state index contributed by atoms with van der Waals surface area (Å²) in [6.45, 7) is 6.83. The first kappa shape index (κ1) is 25.9. The average molecular weight is 489 g/mol. The molecule has 10 nitrogen and oxygen atoms in total. The molecule has 1 spiro atoms. The van der Waals surface area contributed by atoms with Gasteiger partial charge < -0.3 is 24.5 Å². The van der Waals surface area contributed by atoms with Crippen LogP contribution in [-0.2, 0) is 26.2 Å². The third-order valence-electron chi connectivity index (χ3n) is 6.51. The number of nitrogens with zero attached hydrogens (tertiary/aromatic N) is 5. The number of alkyl halides is 3. The molecule has 0 aromatic carbocycles. The minimum Gasteiger partial charge on any atom is -0.475 e. The Kier molecular flexibility index (Phi) is 7.86. The molecule has 3 saturated heterocycles. The molecule has 190 valence electrons. The minimum absolute atomic E-state index is 0.0119. The van der Waals surface area contributed by atoms with Crippen molar-refractivity contribution in [2.45, 2.75) is 37.9 Å². The van der Waals surface area contributed by atoms with Crippen LogP contribution in [-0.4, -0.2) is 100 Å². The second kappa shape index (κ2) is 10.3. The van der Waals surface area contributed by atoms with E-state index in [2.05, 4.69) is 10.00 Å². The number of likely N-dealkylation sites (tertiary alicyclic amines) is 1. The van der Waals surface area contributed by atoms with Crippen molar-refractivity contribution < 1.29 is 37.4 Å². The highest BCUT2D eigenvalue weighted by molar-refractivity contribution is 5.98. The molecular weight excluding hydrogens is 459 g/mol. The number of carbonyl (C=O) groups excluding carboxylic acids is 2. The van der Waals surface area contributed by atoms with Crippen molar-refractivity contribution in [3.8, 4) is 0 Å². The Morgan fingerprint density at radius 3 is 2.44 bits per heavy atom. The van der Waals surface area contributed by atoms with E-state index in [-0.39, 0.29) is 23.9 Å². The first-order chi connectivity index (χ1) is 15.9. The molecule has 3 aliphatic rings. The Morgan fingerprint density at radius 2 is 1.91 bits per heavy atom. The molecule has 2 amide bonds. The van der Waals surface area contributed by atoms with E-state index in [1.54, 1.807) is 17.8 Å². The summed E-state index contributed by atoms with van der Waals surface area (Å²) in [5.74, 6) is -2.14. The van der Waals surface area contributed by atoms with E-state index in [4.69, 9.17) is 14.6 Å². The number of amides is 2. The maximum absolute atomic E-state index is 12.7. The number of rotatable bonds is 3. The van der Waals surface area contributed by atoms with Gasteiger partial charge in [-0.05, 0) is 25.2 Å². The Bertz CT molecular complexity index is 902. The fourth-order valence-electron chi connectivity index (χ4n) is 4.82. The molecule has 1 aromatic heterocycles. The van der Waals surface area contributed by atoms with Crippen LogP contribution in [0.5, 0.6) is 0 Å². The molecule has 1 atom stereocenters. The zero-order valence-electron chi connectivity index (χ0n) is 19.3. The Morgan fingerprint density at radius 1 is 1.26 bits per heavy atom. The molecule has 13 heteroatoms. The topological polar surface area (TPSA) is 108 Å². The van der Waals surface area contributed by atoms with Crippen molar-refractivity contribution in [3.63, 3.8) is 0 Å². The third kappa shape index (κ3) is 6.06. The van der Waals surface area contributed by atoms with E-state index in [1.165, 1.54) is 0 Å². The van der Waals surface area contributed by atoms with Crippen LogP contribution in [0.1, 0.15) is 26.2 Å². The van der Waals surface area contributed by atoms with Crippen LogP contribution in [0.25, 0.3) is 0 Å². The number of piperazine rings is 1. The minimum atomic E-state index is -5.08. The zero-order valence-corrected chi connectivity index (χ0v) is 19.3. The maximum atomic E-state index is 12.7. The van der Waals surface area contributed by atoms with E-state index in [0.717, 1.165) is 57.8 Å². The molecule has 0 bridgehead atoms. The molecule has 1 unspecified atom stereocenters. The second-order valence-corrected chi connectivity index (χ2v) is 9.03. The monoisotopic (exact) mass is 489 g/mol. The van der Waals surface area contributed by atoms with Crippen LogP contribution in [0.4, 0.5) is 18.9 Å². The fraction of sp³-hybridized carbons (Fsp3) is 0.714. The van der Waals surface area contributed by atoms with E-state index in [1.807, 2.05) is 23.0 Å². The fourth-order valence-corrected chi connectivity index (χ4v) is 4.82. The smallest absolute Gasteiger partial charge is 0.475 e. The highest BCUT2D eigenvalue weighted by Crippen LogP contribution is 2.35. The quantitative estimate of drug-likeness (QED) is 0.678. The number of carboxylic acid groups (broad SMARTS) is 1. The van der Waals surface area contributed by atoms with Crippen molar-refractivity contribution in [2.75, 3.05) is 50.8 Å². The number of carbonyl (C=O) groups is 3. The first-order valence-electron chi connectivity index (χ1n) is 11.1. The summed E-state index contributed by atoms with van der Waals surface area (Å²) in [6, 6.07) is 0. The van der Waals surface area contributed by atoms with Gasteiger partial charge in [-0.3, -0.25) is 14.3 Å². The lowest BCUT2D eigenvalue weighted by Crippen LogP contribution is -2.66. The Labute approximate surface area is 195 Å². The van der Waals surface area contributed by atoms with Gasteiger partial charge >= 0.3 is 12.1 Å². The van der Waals surface area contributed by atoms with Gasteiger partial charge in [0.05, 0.1) is 24.0 Å². The maximum Gasteiger partial charge on any atom is 0.490 e. The zero-order chi connectivity index (χ0) is 25.1. The molecule has 0 aliphatic carbocycles. The normalized spacial score (nSPS) is 24.3. The summed E-state index contributed by atoms with van der Waals surface area (Å²) in [5, 5.41) is 11.3. The number of ether oxygens (including phenoxy) is 1. The first-order valence-corrected chi connectivity index (χ1v) is 11.1. The summed E-state index contributed by atoms with van der Waals surface area (Å²) in [4.78, 5) is 40.1. The summed E-state index contributed by atoms with van der Waals surface area (Å²) in [7, 11) is 1.85. The van der Waals surface area contributed by atoms with E-state index in [0.29, 0.717) is 12.5 Å². The highest BCUT2D eigenvalue weighted by atomic mass is 19.4. The molecule has 4 heterocycles. The van der Waals surface area contributed by atoms with Gasteiger partial charge in [-0.2, -0.15) is 18.3 Å². The van der Waals surface area contributed by atoms with Crippen molar-refractivity contribution in [1.29, 1.82) is 0 Å². The largest absolute Gasteiger partial charge is 0.490 e. The van der Waals surface area contributed by atoms with Crippen molar-refractivity contribution in [1.82, 2.24) is 19.6 Å². The molecule has 3 fully saturated rings. The average Bonchev–Trinajstić information content (AvgIpc) is 3.36. The van der Waals surface area contributed by atoms with Gasteiger partial charge in [-0.1, -0.05) is 0 Å². The number of hydrogen-bond donors (Lipinski definition) is 1. The number of carboxylic acids is 1. The SMILES string of the molecule is CC(=O)N1CC(=O)N(c2cnn(C)c2)CC12CCN(CC1CCOCC1)C2.O=C(O)C(F)(F)F. The molecular formula is C21H30F3N5O5. The van der Waals surface area contributed by atoms with E-state index >= 15 is 0 Å². The van der Waals surface area contributed by atoms with Gasteiger partial charge in [0.1, 0.15) is 6.54 Å². The van der Waals surface area contributed by atoms with E-state index < -0.39 is 12.1 Å². The van der Waals surface area contributed by atoms with E-state index in [9.17, 15) is 22.8 Å². The number of anilines is 1. The number of halogens is 3. The molecule has 4 rings (SSSR count).